The van der Waals surface area contributed by atoms with E-state index >= 15 is 0 Å². The normalized spacial score (nSPS) is 11.2. The first-order chi connectivity index (χ1) is 15.8. The molecular formula is C28H57NS3. The van der Waals surface area contributed by atoms with E-state index in [0.29, 0.717) is 4.32 Å². The van der Waals surface area contributed by atoms with Crippen molar-refractivity contribution in [1.29, 1.82) is 0 Å². The highest BCUT2D eigenvalue weighted by Gasteiger charge is 1.96. The monoisotopic (exact) mass is 503 g/mol. The molecule has 0 bridgehead atoms. The molecular weight excluding hydrogens is 447 g/mol. The lowest BCUT2D eigenvalue weighted by Crippen LogP contribution is -2.17. The number of unbranched alkanes of at least 4 members (excludes halogenated alkanes) is 24. The predicted octanol–water partition coefficient (Wildman–Crippen LogP) is 10.5. The van der Waals surface area contributed by atoms with E-state index in [9.17, 15) is 0 Å². The van der Waals surface area contributed by atoms with Gasteiger partial charge in [-0.3, -0.25) is 0 Å². The van der Waals surface area contributed by atoms with Crippen LogP contribution in [-0.2, 0) is 0 Å². The van der Waals surface area contributed by atoms with Crippen molar-refractivity contribution in [2.45, 2.75) is 161 Å². The second kappa shape index (κ2) is 29.6. The average molecular weight is 504 g/mol. The van der Waals surface area contributed by atoms with Gasteiger partial charge in [0.2, 0.25) is 0 Å². The summed E-state index contributed by atoms with van der Waals surface area (Å²) < 4.78 is 0.628. The number of nitrogens with one attached hydrogen (secondary N) is 1. The molecule has 0 fully saturated rings. The summed E-state index contributed by atoms with van der Waals surface area (Å²) in [6.45, 7) is 0.986. The van der Waals surface area contributed by atoms with Gasteiger partial charge in [0.15, 0.2) is 0 Å². The minimum absolute atomic E-state index is 0.628. The smallest absolute Gasteiger partial charge is 0.130 e. The molecule has 0 radical (unpaired) electrons. The Labute approximate surface area is 219 Å². The maximum Gasteiger partial charge on any atom is 0.130 e. The van der Waals surface area contributed by atoms with E-state index in [1.807, 2.05) is 0 Å². The van der Waals surface area contributed by atoms with E-state index in [4.69, 9.17) is 12.2 Å². The van der Waals surface area contributed by atoms with Crippen LogP contribution >= 0.6 is 37.5 Å². The van der Waals surface area contributed by atoms with Crippen molar-refractivity contribution in [2.75, 3.05) is 12.3 Å². The second-order valence-electron chi connectivity index (χ2n) is 9.79. The van der Waals surface area contributed by atoms with Crippen molar-refractivity contribution >= 4 is 41.8 Å². The molecule has 0 unspecified atom stereocenters. The van der Waals surface area contributed by atoms with Gasteiger partial charge in [0.25, 0.3) is 0 Å². The average Bonchev–Trinajstić information content (AvgIpc) is 2.78. The third-order valence-electron chi connectivity index (χ3n) is 6.61. The van der Waals surface area contributed by atoms with Gasteiger partial charge in [0, 0.05) is 6.54 Å². The minimum atomic E-state index is 0.628. The fourth-order valence-electron chi connectivity index (χ4n) is 4.50. The van der Waals surface area contributed by atoms with Crippen molar-refractivity contribution in [3.8, 4) is 0 Å². The fourth-order valence-corrected chi connectivity index (χ4v) is 4.94. The van der Waals surface area contributed by atoms with Crippen LogP contribution in [0.4, 0.5) is 0 Å². The fraction of sp³-hybridized carbons (Fsp3) is 0.964. The molecule has 0 heterocycles. The number of hydrogen-bond donors (Lipinski definition) is 3. The maximum absolute atomic E-state index is 4.89. The van der Waals surface area contributed by atoms with Gasteiger partial charge >= 0.3 is 0 Å². The van der Waals surface area contributed by atoms with Crippen LogP contribution in [-0.4, -0.2) is 16.6 Å². The Kier molecular flexibility index (Phi) is 30.2. The molecule has 0 aliphatic rings. The maximum atomic E-state index is 4.89. The summed E-state index contributed by atoms with van der Waals surface area (Å²) in [6, 6.07) is 0. The molecule has 192 valence electrons. The summed E-state index contributed by atoms with van der Waals surface area (Å²) in [6.07, 6.45) is 35.8. The van der Waals surface area contributed by atoms with Gasteiger partial charge in [-0.25, -0.2) is 0 Å². The Morgan fingerprint density at radius 2 is 0.625 bits per heavy atom. The first kappa shape index (κ1) is 32.6. The van der Waals surface area contributed by atoms with Gasteiger partial charge in [-0.1, -0.05) is 160 Å². The highest BCUT2D eigenvalue weighted by atomic mass is 32.1. The van der Waals surface area contributed by atoms with Crippen LogP contribution < -0.4 is 5.32 Å². The van der Waals surface area contributed by atoms with Gasteiger partial charge in [0.05, 0.1) is 0 Å². The SMILES string of the molecule is S=C(S)NCCCCCCCCCCCCCCCCCCCCCCCCCCCS. The molecule has 0 amide bonds. The summed E-state index contributed by atoms with van der Waals surface area (Å²) in [5.74, 6) is 1.06. The van der Waals surface area contributed by atoms with Gasteiger partial charge in [-0.05, 0) is 18.6 Å². The van der Waals surface area contributed by atoms with Gasteiger partial charge in [0.1, 0.15) is 4.32 Å². The third-order valence-corrected chi connectivity index (χ3v) is 7.23. The molecule has 0 atom stereocenters. The van der Waals surface area contributed by atoms with E-state index in [0.717, 1.165) is 12.3 Å². The van der Waals surface area contributed by atoms with Gasteiger partial charge in [-0.15, -0.1) is 12.6 Å². The molecule has 0 saturated carbocycles. The summed E-state index contributed by atoms with van der Waals surface area (Å²) in [5, 5.41) is 3.11. The minimum Gasteiger partial charge on any atom is -0.371 e. The molecule has 0 aliphatic carbocycles. The molecule has 0 spiro atoms. The standard InChI is InChI=1S/C28H57NS3/c30-27-25-23-21-19-17-15-13-11-9-7-5-3-1-2-4-6-8-10-12-14-16-18-20-22-24-26-29-28(31)32/h30H,1-27H2,(H2,29,31,32). The van der Waals surface area contributed by atoms with Crippen LogP contribution in [0.1, 0.15) is 161 Å². The molecule has 0 saturated heterocycles. The molecule has 0 aliphatic heterocycles. The molecule has 0 aromatic rings. The van der Waals surface area contributed by atoms with E-state index in [-0.39, 0.29) is 0 Å². The van der Waals surface area contributed by atoms with Crippen molar-refractivity contribution < 1.29 is 0 Å². The zero-order valence-corrected chi connectivity index (χ0v) is 24.0. The van der Waals surface area contributed by atoms with Crippen LogP contribution in [0.3, 0.4) is 0 Å². The highest BCUT2D eigenvalue weighted by Crippen LogP contribution is 2.15. The molecule has 1 N–H and O–H groups in total. The summed E-state index contributed by atoms with van der Waals surface area (Å²) in [4.78, 5) is 0. The van der Waals surface area contributed by atoms with Gasteiger partial charge in [-0.2, -0.15) is 12.6 Å². The topological polar surface area (TPSA) is 12.0 Å². The lowest BCUT2D eigenvalue weighted by atomic mass is 10.0. The van der Waals surface area contributed by atoms with E-state index in [2.05, 4.69) is 30.6 Å². The molecule has 0 rings (SSSR count). The zero-order valence-electron chi connectivity index (χ0n) is 21.4. The van der Waals surface area contributed by atoms with Crippen LogP contribution in [0.25, 0.3) is 0 Å². The first-order valence-corrected chi connectivity index (χ1v) is 15.8. The summed E-state index contributed by atoms with van der Waals surface area (Å²) in [5.41, 5.74) is 0. The molecule has 4 heteroatoms. The second-order valence-corrected chi connectivity index (χ2v) is 11.4. The number of hydrogen-bond acceptors (Lipinski definition) is 2. The number of rotatable bonds is 27. The highest BCUT2D eigenvalue weighted by molar-refractivity contribution is 8.11. The summed E-state index contributed by atoms with van der Waals surface area (Å²) in [7, 11) is 0. The van der Waals surface area contributed by atoms with E-state index in [1.165, 1.54) is 161 Å². The van der Waals surface area contributed by atoms with Crippen LogP contribution in [0, 0.1) is 0 Å². The lowest BCUT2D eigenvalue weighted by Gasteiger charge is -2.05. The zero-order chi connectivity index (χ0) is 23.4. The largest absolute Gasteiger partial charge is 0.371 e. The molecule has 0 aromatic carbocycles. The Bertz CT molecular complexity index is 363. The van der Waals surface area contributed by atoms with Gasteiger partial charge < -0.3 is 5.32 Å². The molecule has 1 nitrogen and oxygen atoms in total. The van der Waals surface area contributed by atoms with Crippen molar-refractivity contribution in [1.82, 2.24) is 5.32 Å². The lowest BCUT2D eigenvalue weighted by molar-refractivity contribution is 0.516. The van der Waals surface area contributed by atoms with E-state index < -0.39 is 0 Å². The van der Waals surface area contributed by atoms with Crippen LogP contribution in [0.5, 0.6) is 0 Å². The van der Waals surface area contributed by atoms with Crippen molar-refractivity contribution in [3.05, 3.63) is 0 Å². The van der Waals surface area contributed by atoms with Crippen molar-refractivity contribution in [2.24, 2.45) is 0 Å². The predicted molar refractivity (Wildman–Crippen MR) is 159 cm³/mol. The van der Waals surface area contributed by atoms with Crippen molar-refractivity contribution in [3.63, 3.8) is 0 Å². The quantitative estimate of drug-likeness (QED) is 0.0585. The number of thiol groups is 2. The number of thiocarbonyl (C=S) groups is 1. The van der Waals surface area contributed by atoms with Crippen LogP contribution in [0.15, 0.2) is 0 Å². The Morgan fingerprint density at radius 1 is 0.406 bits per heavy atom. The third kappa shape index (κ3) is 30.6. The van der Waals surface area contributed by atoms with Crippen LogP contribution in [0.2, 0.25) is 0 Å². The Balaban J connectivity index is 3.00. The molecule has 32 heavy (non-hydrogen) atoms. The first-order valence-electron chi connectivity index (χ1n) is 14.3. The Hall–Kier alpha value is 0.590. The Morgan fingerprint density at radius 3 is 0.844 bits per heavy atom. The van der Waals surface area contributed by atoms with E-state index in [1.54, 1.807) is 0 Å². The summed E-state index contributed by atoms with van der Waals surface area (Å²) >= 11 is 13.2. The molecule has 0 aromatic heterocycles.